The smallest absolute Gasteiger partial charge is 0.251 e. The van der Waals surface area contributed by atoms with Crippen LogP contribution >= 0.6 is 0 Å². The topological polar surface area (TPSA) is 12.9 Å². The van der Waals surface area contributed by atoms with E-state index in [4.69, 9.17) is 0 Å². The van der Waals surface area contributed by atoms with Crippen LogP contribution in [-0.2, 0) is 6.18 Å². The molecule has 1 saturated carbocycles. The fourth-order valence-electron chi connectivity index (χ4n) is 4.38. The number of nitrogens with zero attached hydrogens (tertiary/aromatic N) is 1. The fraction of sp³-hybridized carbons (Fsp3) is 0.542. The van der Waals surface area contributed by atoms with Crippen molar-refractivity contribution >= 4 is 0 Å². The van der Waals surface area contributed by atoms with Gasteiger partial charge in [0, 0.05) is 17.3 Å². The highest BCUT2D eigenvalue weighted by molar-refractivity contribution is 5.63. The van der Waals surface area contributed by atoms with Gasteiger partial charge in [0.05, 0.1) is 0 Å². The quantitative estimate of drug-likeness (QED) is 0.333. The first-order valence-corrected chi connectivity index (χ1v) is 10.7. The summed E-state index contributed by atoms with van der Waals surface area (Å²) >= 11 is 0. The summed E-state index contributed by atoms with van der Waals surface area (Å²) in [5.41, 5.74) is 0.678. The third-order valence-corrected chi connectivity index (χ3v) is 6.14. The summed E-state index contributed by atoms with van der Waals surface area (Å²) in [6.07, 6.45) is 7.67. The number of alkyl halides is 3. The van der Waals surface area contributed by atoms with E-state index in [0.29, 0.717) is 17.0 Å². The van der Waals surface area contributed by atoms with Crippen molar-refractivity contribution in [1.29, 1.82) is 0 Å². The number of rotatable bonds is 7. The Bertz CT molecular complexity index is 774. The molecule has 1 aromatic heterocycles. The second kappa shape index (κ2) is 9.73. The number of hydrogen-bond acceptors (Lipinski definition) is 1. The molecule has 0 unspecified atom stereocenters. The molecule has 0 amide bonds. The van der Waals surface area contributed by atoms with Crippen LogP contribution in [0.1, 0.15) is 81.9 Å². The van der Waals surface area contributed by atoms with E-state index in [0.717, 1.165) is 36.6 Å². The molecule has 1 aromatic carbocycles. The Morgan fingerprint density at radius 1 is 0.966 bits per heavy atom. The molecule has 0 spiro atoms. The molecule has 1 fully saturated rings. The second-order valence-electron chi connectivity index (χ2n) is 8.24. The van der Waals surface area contributed by atoms with Crippen LogP contribution in [0.15, 0.2) is 36.5 Å². The van der Waals surface area contributed by atoms with Crippen LogP contribution in [0.3, 0.4) is 0 Å². The van der Waals surface area contributed by atoms with Gasteiger partial charge in [-0.25, -0.2) is 4.39 Å². The summed E-state index contributed by atoms with van der Waals surface area (Å²) in [6.45, 7) is 2.23. The Morgan fingerprint density at radius 3 is 2.31 bits per heavy atom. The lowest BCUT2D eigenvalue weighted by atomic mass is 9.77. The van der Waals surface area contributed by atoms with Gasteiger partial charge in [0.2, 0.25) is 0 Å². The first-order valence-electron chi connectivity index (χ1n) is 10.7. The zero-order chi connectivity index (χ0) is 20.9. The van der Waals surface area contributed by atoms with E-state index in [-0.39, 0.29) is 0 Å². The number of pyridine rings is 1. The zero-order valence-corrected chi connectivity index (χ0v) is 16.9. The van der Waals surface area contributed by atoms with Crippen molar-refractivity contribution < 1.29 is 17.6 Å². The van der Waals surface area contributed by atoms with Gasteiger partial charge < -0.3 is 0 Å². The highest BCUT2D eigenvalue weighted by atomic mass is 19.4. The number of aromatic nitrogens is 1. The SMILES string of the molecule is CCCCCCC1CCC(c2ccc(-c3ccc(C(F)(F)F)nc3)c(F)c2)CC1. The van der Waals surface area contributed by atoms with Gasteiger partial charge in [-0.1, -0.05) is 57.2 Å². The molecule has 0 saturated heterocycles. The highest BCUT2D eigenvalue weighted by Gasteiger charge is 2.32. The van der Waals surface area contributed by atoms with E-state index in [1.165, 1.54) is 51.0 Å². The van der Waals surface area contributed by atoms with E-state index in [1.54, 1.807) is 12.1 Å². The second-order valence-corrected chi connectivity index (χ2v) is 8.24. The molecule has 1 aliphatic carbocycles. The predicted octanol–water partition coefficient (Wildman–Crippen LogP) is 8.15. The molecule has 0 N–H and O–H groups in total. The van der Waals surface area contributed by atoms with Crippen molar-refractivity contribution in [1.82, 2.24) is 4.98 Å². The third-order valence-electron chi connectivity index (χ3n) is 6.14. The van der Waals surface area contributed by atoms with Crippen LogP contribution in [-0.4, -0.2) is 4.98 Å². The van der Waals surface area contributed by atoms with Crippen molar-refractivity contribution in [3.05, 3.63) is 53.6 Å². The fourth-order valence-corrected chi connectivity index (χ4v) is 4.38. The first kappa shape index (κ1) is 21.8. The van der Waals surface area contributed by atoms with Gasteiger partial charge in [-0.3, -0.25) is 4.98 Å². The maximum atomic E-state index is 14.7. The van der Waals surface area contributed by atoms with Crippen LogP contribution < -0.4 is 0 Å². The van der Waals surface area contributed by atoms with Gasteiger partial charge >= 0.3 is 6.18 Å². The Balaban J connectivity index is 1.60. The van der Waals surface area contributed by atoms with Gasteiger partial charge in [-0.05, 0) is 55.2 Å². The minimum absolute atomic E-state index is 0.291. The summed E-state index contributed by atoms with van der Waals surface area (Å²) in [4.78, 5) is 3.43. The largest absolute Gasteiger partial charge is 0.433 e. The molecule has 2 aromatic rings. The Hall–Kier alpha value is -1.91. The summed E-state index contributed by atoms with van der Waals surface area (Å²) in [5.74, 6) is 0.771. The van der Waals surface area contributed by atoms with E-state index in [2.05, 4.69) is 11.9 Å². The average molecular weight is 407 g/mol. The summed E-state index contributed by atoms with van der Waals surface area (Å²) < 4.78 is 52.7. The van der Waals surface area contributed by atoms with Crippen molar-refractivity contribution in [2.75, 3.05) is 0 Å². The number of unbranched alkanes of at least 4 members (excludes halogenated alkanes) is 3. The van der Waals surface area contributed by atoms with Gasteiger partial charge in [0.1, 0.15) is 11.5 Å². The predicted molar refractivity (Wildman–Crippen MR) is 108 cm³/mol. The minimum Gasteiger partial charge on any atom is -0.251 e. The number of hydrogen-bond donors (Lipinski definition) is 0. The molecule has 5 heteroatoms. The van der Waals surface area contributed by atoms with Gasteiger partial charge in [0.25, 0.3) is 0 Å². The van der Waals surface area contributed by atoms with E-state index >= 15 is 0 Å². The standard InChI is InChI=1S/C24H29F4N/c1-2-3-4-5-6-17-7-9-18(10-8-17)19-11-13-21(22(25)15-19)20-12-14-23(29-16-20)24(26,27)28/h11-18H,2-10H2,1H3. The van der Waals surface area contributed by atoms with Crippen molar-refractivity contribution in [2.24, 2.45) is 5.92 Å². The lowest BCUT2D eigenvalue weighted by molar-refractivity contribution is -0.141. The Kier molecular flexibility index (Phi) is 7.31. The molecule has 0 aliphatic heterocycles. The molecule has 0 bridgehead atoms. The van der Waals surface area contributed by atoms with E-state index < -0.39 is 17.7 Å². The normalized spacial score (nSPS) is 20.0. The zero-order valence-electron chi connectivity index (χ0n) is 16.9. The third kappa shape index (κ3) is 5.80. The highest BCUT2D eigenvalue weighted by Crippen LogP contribution is 2.39. The minimum atomic E-state index is -4.49. The Morgan fingerprint density at radius 2 is 1.72 bits per heavy atom. The van der Waals surface area contributed by atoms with Gasteiger partial charge in [-0.2, -0.15) is 13.2 Å². The van der Waals surface area contributed by atoms with E-state index in [9.17, 15) is 17.6 Å². The maximum Gasteiger partial charge on any atom is 0.433 e. The number of halogens is 4. The molecular formula is C24H29F4N. The first-order chi connectivity index (χ1) is 13.9. The summed E-state index contributed by atoms with van der Waals surface area (Å²) in [5, 5.41) is 0. The molecule has 1 heterocycles. The lowest BCUT2D eigenvalue weighted by Gasteiger charge is -2.29. The van der Waals surface area contributed by atoms with Crippen LogP contribution in [0.2, 0.25) is 0 Å². The summed E-state index contributed by atoms with van der Waals surface area (Å²) in [6, 6.07) is 7.31. The molecule has 3 rings (SSSR count). The molecule has 158 valence electrons. The maximum absolute atomic E-state index is 14.7. The van der Waals surface area contributed by atoms with Crippen LogP contribution in [0.5, 0.6) is 0 Å². The Labute approximate surface area is 170 Å². The summed E-state index contributed by atoms with van der Waals surface area (Å²) in [7, 11) is 0. The van der Waals surface area contributed by atoms with E-state index in [1.807, 2.05) is 6.07 Å². The van der Waals surface area contributed by atoms with Gasteiger partial charge in [0.15, 0.2) is 0 Å². The molecule has 1 nitrogen and oxygen atoms in total. The molecule has 1 aliphatic rings. The average Bonchev–Trinajstić information content (AvgIpc) is 2.71. The molecular weight excluding hydrogens is 378 g/mol. The molecule has 0 atom stereocenters. The monoisotopic (exact) mass is 407 g/mol. The van der Waals surface area contributed by atoms with Crippen LogP contribution in [0, 0.1) is 11.7 Å². The number of benzene rings is 1. The van der Waals surface area contributed by atoms with Crippen LogP contribution in [0.25, 0.3) is 11.1 Å². The van der Waals surface area contributed by atoms with Crippen molar-refractivity contribution in [3.63, 3.8) is 0 Å². The van der Waals surface area contributed by atoms with Crippen molar-refractivity contribution in [3.8, 4) is 11.1 Å². The molecule has 29 heavy (non-hydrogen) atoms. The van der Waals surface area contributed by atoms with Crippen LogP contribution in [0.4, 0.5) is 17.6 Å². The van der Waals surface area contributed by atoms with Gasteiger partial charge in [-0.15, -0.1) is 0 Å². The lowest BCUT2D eigenvalue weighted by Crippen LogP contribution is -2.13. The van der Waals surface area contributed by atoms with Crippen molar-refractivity contribution in [2.45, 2.75) is 76.8 Å². The molecule has 0 radical (unpaired) electrons.